The maximum atomic E-state index is 15.3. The number of hydrogen-bond acceptors (Lipinski definition) is 8. The molecule has 6 unspecified atom stereocenters. The Hall–Kier alpha value is -3.82. The third-order valence-electron chi connectivity index (χ3n) is 11.0. The van der Waals surface area contributed by atoms with Gasteiger partial charge in [0.25, 0.3) is 0 Å². The van der Waals surface area contributed by atoms with Crippen LogP contribution < -0.4 is 4.90 Å². The van der Waals surface area contributed by atoms with Crippen LogP contribution in [-0.4, -0.2) is 95.2 Å². The quantitative estimate of drug-likeness (QED) is 0.0546. The Morgan fingerprint density at radius 2 is 1.62 bits per heavy atom. The van der Waals surface area contributed by atoms with Gasteiger partial charge in [-0.1, -0.05) is 69.3 Å². The number of carbonyl (C=O) groups is 2. The first-order valence-corrected chi connectivity index (χ1v) is 22.1. The summed E-state index contributed by atoms with van der Waals surface area (Å²) in [5.74, 6) is -1.00. The Morgan fingerprint density at radius 3 is 2.23 bits per heavy atom. The third-order valence-corrected chi connectivity index (χ3v) is 15.5. The number of unbranched alkanes of at least 4 members (excludes halogenated alkanes) is 1. The predicted molar refractivity (Wildman–Crippen MR) is 215 cm³/mol. The lowest BCUT2D eigenvalue weighted by Gasteiger charge is -2.41. The topological polar surface area (TPSA) is 151 Å². The van der Waals surface area contributed by atoms with Crippen molar-refractivity contribution in [2.24, 2.45) is 0 Å². The van der Waals surface area contributed by atoms with Gasteiger partial charge in [-0.25, -0.2) is 8.78 Å². The SMILES string of the molecule is CN(CC(O)C(O)C(O)C(O)CO)C(=O)CCCC=Cc1ccc(C2CC(=O)N2c2ccc(F)c(CCC(O[Si](C)(C)C(C)(C)C)c3ccc(F)cc3)c2)cc1. The van der Waals surface area contributed by atoms with Crippen molar-refractivity contribution in [3.8, 4) is 0 Å². The van der Waals surface area contributed by atoms with Crippen molar-refractivity contribution in [3.05, 3.63) is 107 Å². The summed E-state index contributed by atoms with van der Waals surface area (Å²) < 4.78 is 35.8. The highest BCUT2D eigenvalue weighted by Crippen LogP contribution is 2.42. The molecule has 0 aliphatic carbocycles. The molecule has 1 fully saturated rings. The number of carbonyl (C=O) groups excluding carboxylic acids is 2. The summed E-state index contributed by atoms with van der Waals surface area (Å²) in [5, 5.41) is 48.3. The number of β-lactam (4-membered cyclic amide) rings is 1. The van der Waals surface area contributed by atoms with Crippen LogP contribution in [0.15, 0.2) is 72.8 Å². The molecule has 3 aromatic rings. The summed E-state index contributed by atoms with van der Waals surface area (Å²) >= 11 is 0. The van der Waals surface area contributed by atoms with Crippen molar-refractivity contribution >= 4 is 31.9 Å². The number of aliphatic hydroxyl groups is 5. The predicted octanol–water partition coefficient (Wildman–Crippen LogP) is 6.22. The number of likely N-dealkylation sites (N-methyl/N-ethyl adjacent to an activating group) is 1. The number of allylic oxidation sites excluding steroid dienone is 1. The van der Waals surface area contributed by atoms with E-state index in [1.54, 1.807) is 29.2 Å². The average Bonchev–Trinajstić information content (AvgIpc) is 3.15. The van der Waals surface area contributed by atoms with Gasteiger partial charge in [-0.3, -0.25) is 9.59 Å². The van der Waals surface area contributed by atoms with E-state index in [1.807, 2.05) is 36.4 Å². The van der Waals surface area contributed by atoms with E-state index in [0.29, 0.717) is 43.4 Å². The Morgan fingerprint density at radius 1 is 0.982 bits per heavy atom. The number of aryl methyl sites for hydroxylation is 1. The molecule has 1 saturated heterocycles. The number of hydrogen-bond donors (Lipinski definition) is 5. The molecule has 1 aliphatic heterocycles. The fourth-order valence-electron chi connectivity index (χ4n) is 6.36. The van der Waals surface area contributed by atoms with Crippen molar-refractivity contribution in [3.63, 3.8) is 0 Å². The lowest BCUT2D eigenvalue weighted by Crippen LogP contribution is -2.49. The molecule has 4 rings (SSSR count). The van der Waals surface area contributed by atoms with Crippen molar-refractivity contribution in [1.82, 2.24) is 4.90 Å². The van der Waals surface area contributed by atoms with Gasteiger partial charge in [0, 0.05) is 25.7 Å². The van der Waals surface area contributed by atoms with E-state index < -0.39 is 39.3 Å². The van der Waals surface area contributed by atoms with E-state index in [-0.39, 0.29) is 53.6 Å². The fourth-order valence-corrected chi connectivity index (χ4v) is 7.68. The number of nitrogens with zero attached hydrogens (tertiary/aromatic N) is 2. The second-order valence-electron chi connectivity index (χ2n) is 16.3. The summed E-state index contributed by atoms with van der Waals surface area (Å²) in [5.41, 5.74) is 3.84. The Balaban J connectivity index is 1.33. The van der Waals surface area contributed by atoms with Crippen molar-refractivity contribution in [2.75, 3.05) is 25.1 Å². The zero-order valence-electron chi connectivity index (χ0n) is 33.2. The van der Waals surface area contributed by atoms with E-state index >= 15 is 4.39 Å². The Labute approximate surface area is 330 Å². The zero-order valence-corrected chi connectivity index (χ0v) is 34.2. The van der Waals surface area contributed by atoms with Crippen molar-refractivity contribution in [1.29, 1.82) is 0 Å². The zero-order chi connectivity index (χ0) is 41.4. The molecular weight excluding hydrogens is 739 g/mol. The molecule has 0 saturated carbocycles. The number of rotatable bonds is 19. The number of aliphatic hydroxyl groups excluding tert-OH is 5. The molecule has 2 amide bonds. The van der Waals surface area contributed by atoms with Gasteiger partial charge in [0.05, 0.1) is 25.2 Å². The lowest BCUT2D eigenvalue weighted by molar-refractivity contribution is -0.138. The lowest BCUT2D eigenvalue weighted by atomic mass is 9.91. The molecule has 3 aromatic carbocycles. The Kier molecular flexibility index (Phi) is 15.7. The van der Waals surface area contributed by atoms with E-state index in [2.05, 4.69) is 33.9 Å². The van der Waals surface area contributed by atoms with Crippen LogP contribution in [0.3, 0.4) is 0 Å². The van der Waals surface area contributed by atoms with Gasteiger partial charge in [0.1, 0.15) is 36.1 Å². The summed E-state index contributed by atoms with van der Waals surface area (Å²) in [6.45, 7) is 9.74. The minimum absolute atomic E-state index is 0.0500. The molecule has 0 spiro atoms. The van der Waals surface area contributed by atoms with Crippen LogP contribution in [0.1, 0.15) is 87.3 Å². The van der Waals surface area contributed by atoms with Gasteiger partial charge < -0.3 is 39.8 Å². The molecule has 306 valence electrons. The molecule has 5 N–H and O–H groups in total. The van der Waals surface area contributed by atoms with Gasteiger partial charge in [-0.05, 0) is 96.4 Å². The van der Waals surface area contributed by atoms with Crippen molar-refractivity contribution in [2.45, 2.75) is 114 Å². The van der Waals surface area contributed by atoms with E-state index in [4.69, 9.17) is 9.53 Å². The monoisotopic (exact) mass is 796 g/mol. The van der Waals surface area contributed by atoms with Crippen LogP contribution in [0.25, 0.3) is 6.08 Å². The summed E-state index contributed by atoms with van der Waals surface area (Å²) in [4.78, 5) is 28.4. The number of halogens is 2. The van der Waals surface area contributed by atoms with Crippen LogP contribution in [-0.2, 0) is 20.4 Å². The minimum Gasteiger partial charge on any atom is -0.410 e. The van der Waals surface area contributed by atoms with Gasteiger partial charge in [-0.15, -0.1) is 0 Å². The highest BCUT2D eigenvalue weighted by atomic mass is 28.4. The number of anilines is 1. The molecule has 56 heavy (non-hydrogen) atoms. The standard InChI is InChI=1S/C43H58F2N2O8Si/c1-43(2,3)56(5,6)55-38(30-16-19-32(44)20-17-30)23-18-31-24-33(21-22-34(31)45)47-35(25-40(47)52)29-14-12-28(13-15-29)10-8-7-9-11-39(51)46(4)26-36(49)41(53)42(54)37(50)27-48/h8,10,12-17,19-22,24,35-38,41-42,48-50,53-54H,7,9,11,18,23,25-27H2,1-6H3. The maximum Gasteiger partial charge on any atom is 0.230 e. The summed E-state index contributed by atoms with van der Waals surface area (Å²) in [6, 6.07) is 18.7. The Bertz CT molecular complexity index is 1780. The summed E-state index contributed by atoms with van der Waals surface area (Å²) in [7, 11) is -0.756. The van der Waals surface area contributed by atoms with Gasteiger partial charge >= 0.3 is 0 Å². The number of amides is 2. The largest absolute Gasteiger partial charge is 0.410 e. The molecule has 1 aliphatic rings. The van der Waals surface area contributed by atoms with Gasteiger partial charge in [-0.2, -0.15) is 0 Å². The molecule has 0 radical (unpaired) electrons. The second-order valence-corrected chi connectivity index (χ2v) is 21.0. The molecule has 0 aromatic heterocycles. The first-order valence-electron chi connectivity index (χ1n) is 19.2. The number of benzene rings is 3. The average molecular weight is 797 g/mol. The van der Waals surface area contributed by atoms with Crippen LogP contribution in [0.5, 0.6) is 0 Å². The molecular formula is C43H58F2N2O8Si. The molecule has 10 nitrogen and oxygen atoms in total. The summed E-state index contributed by atoms with van der Waals surface area (Å²) in [6.07, 6.45) is -0.542. The fraction of sp³-hybridized carbons (Fsp3) is 0.488. The third kappa shape index (κ3) is 11.6. The first-order chi connectivity index (χ1) is 26.3. The maximum absolute atomic E-state index is 15.3. The molecule has 0 bridgehead atoms. The van der Waals surface area contributed by atoms with E-state index in [1.165, 1.54) is 30.1 Å². The van der Waals surface area contributed by atoms with E-state index in [9.17, 15) is 34.4 Å². The minimum atomic E-state index is -2.22. The van der Waals surface area contributed by atoms with Gasteiger partial charge in [0.15, 0.2) is 8.32 Å². The highest BCUT2D eigenvalue weighted by molar-refractivity contribution is 6.74. The van der Waals surface area contributed by atoms with Crippen LogP contribution in [0.4, 0.5) is 14.5 Å². The smallest absolute Gasteiger partial charge is 0.230 e. The van der Waals surface area contributed by atoms with Crippen LogP contribution >= 0.6 is 0 Å². The normalized spacial score (nSPS) is 17.7. The highest BCUT2D eigenvalue weighted by Gasteiger charge is 2.40. The van der Waals surface area contributed by atoms with Crippen molar-refractivity contribution < 1.29 is 48.3 Å². The molecule has 6 atom stereocenters. The first kappa shape index (κ1) is 44.9. The second kappa shape index (κ2) is 19.6. The molecule has 1 heterocycles. The van der Waals surface area contributed by atoms with E-state index in [0.717, 1.165) is 16.7 Å². The van der Waals surface area contributed by atoms with Gasteiger partial charge in [0.2, 0.25) is 11.8 Å². The van der Waals surface area contributed by atoms with Crippen LogP contribution in [0, 0.1) is 11.6 Å². The van der Waals surface area contributed by atoms with Crippen LogP contribution in [0.2, 0.25) is 18.1 Å². The molecule has 13 heteroatoms.